The SMILES string of the molecule is CC(CF)Nc1nc(C#CC2(CO)CC2)nc(N[C@H](C)C(F)(F)F)n1. The Morgan fingerprint density at radius 3 is 2.24 bits per heavy atom. The van der Waals surface area contributed by atoms with Crippen LogP contribution in [0, 0.1) is 17.3 Å². The van der Waals surface area contributed by atoms with Crippen molar-refractivity contribution in [3.63, 3.8) is 0 Å². The first-order chi connectivity index (χ1) is 11.7. The number of aromatic nitrogens is 3. The highest BCUT2D eigenvalue weighted by molar-refractivity contribution is 5.40. The molecule has 2 rings (SSSR count). The number of nitrogens with one attached hydrogen (secondary N) is 2. The predicted molar refractivity (Wildman–Crippen MR) is 83.7 cm³/mol. The quantitative estimate of drug-likeness (QED) is 0.532. The van der Waals surface area contributed by atoms with Crippen LogP contribution in [0.1, 0.15) is 32.5 Å². The molecule has 1 unspecified atom stereocenters. The molecule has 1 aromatic heterocycles. The summed E-state index contributed by atoms with van der Waals surface area (Å²) in [4.78, 5) is 11.7. The molecule has 0 bridgehead atoms. The molecular formula is C15H19F4N5O. The Labute approximate surface area is 142 Å². The van der Waals surface area contributed by atoms with Crippen LogP contribution >= 0.6 is 0 Å². The van der Waals surface area contributed by atoms with Gasteiger partial charge in [-0.25, -0.2) is 4.39 Å². The van der Waals surface area contributed by atoms with Crippen molar-refractivity contribution in [1.29, 1.82) is 0 Å². The van der Waals surface area contributed by atoms with Crippen molar-refractivity contribution in [3.05, 3.63) is 5.82 Å². The van der Waals surface area contributed by atoms with Crippen molar-refractivity contribution >= 4 is 11.9 Å². The van der Waals surface area contributed by atoms with Gasteiger partial charge in [-0.05, 0) is 32.6 Å². The summed E-state index contributed by atoms with van der Waals surface area (Å²) in [6, 6.07) is -2.50. The lowest BCUT2D eigenvalue weighted by Crippen LogP contribution is -2.34. The number of alkyl halides is 4. The van der Waals surface area contributed by atoms with Gasteiger partial charge < -0.3 is 15.7 Å². The summed E-state index contributed by atoms with van der Waals surface area (Å²) in [7, 11) is 0. The third kappa shape index (κ3) is 5.42. The number of rotatable bonds is 6. The molecule has 1 aromatic rings. The molecule has 1 aliphatic carbocycles. The molecular weight excluding hydrogens is 342 g/mol. The minimum atomic E-state index is -4.48. The van der Waals surface area contributed by atoms with E-state index in [1.807, 2.05) is 0 Å². The molecule has 0 aliphatic heterocycles. The molecule has 0 saturated heterocycles. The fraction of sp³-hybridized carbons (Fsp3) is 0.667. The first-order valence-corrected chi connectivity index (χ1v) is 7.73. The molecule has 0 aromatic carbocycles. The molecule has 6 nitrogen and oxygen atoms in total. The van der Waals surface area contributed by atoms with Crippen molar-refractivity contribution in [2.45, 2.75) is 44.9 Å². The molecule has 1 fully saturated rings. The molecule has 1 aliphatic rings. The van der Waals surface area contributed by atoms with Gasteiger partial charge in [0.25, 0.3) is 0 Å². The van der Waals surface area contributed by atoms with Gasteiger partial charge in [-0.15, -0.1) is 0 Å². The molecule has 138 valence electrons. The number of anilines is 2. The second-order valence-corrected chi connectivity index (χ2v) is 6.10. The number of aliphatic hydroxyl groups is 1. The van der Waals surface area contributed by atoms with Gasteiger partial charge in [-0.1, -0.05) is 5.92 Å². The van der Waals surface area contributed by atoms with Crippen LogP contribution < -0.4 is 10.6 Å². The van der Waals surface area contributed by atoms with Crippen LogP contribution in [-0.2, 0) is 0 Å². The lowest BCUT2D eigenvalue weighted by Gasteiger charge is -2.18. The number of aliphatic hydroxyl groups excluding tert-OH is 1. The Hall–Kier alpha value is -2.15. The maximum Gasteiger partial charge on any atom is 0.408 e. The first-order valence-electron chi connectivity index (χ1n) is 7.73. The van der Waals surface area contributed by atoms with Gasteiger partial charge in [0.1, 0.15) is 12.7 Å². The van der Waals surface area contributed by atoms with Gasteiger partial charge >= 0.3 is 6.18 Å². The Kier molecular flexibility index (Phi) is 5.67. The molecule has 0 amide bonds. The van der Waals surface area contributed by atoms with Crippen molar-refractivity contribution in [1.82, 2.24) is 15.0 Å². The Bertz CT molecular complexity index is 666. The van der Waals surface area contributed by atoms with E-state index in [-0.39, 0.29) is 24.3 Å². The molecule has 1 heterocycles. The van der Waals surface area contributed by atoms with Gasteiger partial charge in [-0.2, -0.15) is 28.1 Å². The van der Waals surface area contributed by atoms with E-state index in [9.17, 15) is 22.7 Å². The summed E-state index contributed by atoms with van der Waals surface area (Å²) < 4.78 is 50.8. The normalized spacial score (nSPS) is 17.9. The molecule has 0 spiro atoms. The third-order valence-corrected chi connectivity index (χ3v) is 3.67. The summed E-state index contributed by atoms with van der Waals surface area (Å²) in [5.74, 6) is 5.05. The van der Waals surface area contributed by atoms with Gasteiger partial charge in [-0.3, -0.25) is 0 Å². The fourth-order valence-corrected chi connectivity index (χ4v) is 1.76. The maximum absolute atomic E-state index is 12.7. The van der Waals surface area contributed by atoms with E-state index in [0.29, 0.717) is 0 Å². The Morgan fingerprint density at radius 2 is 1.76 bits per heavy atom. The summed E-state index contributed by atoms with van der Waals surface area (Å²) in [5.41, 5.74) is -0.487. The lowest BCUT2D eigenvalue weighted by molar-refractivity contribution is -0.138. The van der Waals surface area contributed by atoms with Gasteiger partial charge in [0.05, 0.1) is 18.1 Å². The number of hydrogen-bond donors (Lipinski definition) is 3. The van der Waals surface area contributed by atoms with Crippen LogP contribution in [0.3, 0.4) is 0 Å². The molecule has 0 radical (unpaired) electrons. The zero-order valence-corrected chi connectivity index (χ0v) is 13.8. The number of hydrogen-bond acceptors (Lipinski definition) is 6. The van der Waals surface area contributed by atoms with E-state index in [1.54, 1.807) is 0 Å². The zero-order valence-electron chi connectivity index (χ0n) is 13.8. The Balaban J connectivity index is 2.28. The number of halogens is 4. The highest BCUT2D eigenvalue weighted by Crippen LogP contribution is 2.44. The molecule has 3 N–H and O–H groups in total. The minimum absolute atomic E-state index is 0.0554. The summed E-state index contributed by atoms with van der Waals surface area (Å²) in [6.45, 7) is 1.65. The van der Waals surface area contributed by atoms with E-state index in [2.05, 4.69) is 37.4 Å². The zero-order chi connectivity index (χ0) is 18.7. The Morgan fingerprint density at radius 1 is 1.16 bits per heavy atom. The summed E-state index contributed by atoms with van der Waals surface area (Å²) in [6.07, 6.45) is -3.00. The average Bonchev–Trinajstić information content (AvgIpc) is 3.32. The predicted octanol–water partition coefficient (Wildman–Crippen LogP) is 2.13. The minimum Gasteiger partial charge on any atom is -0.395 e. The fourth-order valence-electron chi connectivity index (χ4n) is 1.76. The van der Waals surface area contributed by atoms with Gasteiger partial charge in [0.2, 0.25) is 17.7 Å². The van der Waals surface area contributed by atoms with E-state index >= 15 is 0 Å². The monoisotopic (exact) mass is 361 g/mol. The molecule has 2 atom stereocenters. The van der Waals surface area contributed by atoms with Crippen molar-refractivity contribution in [2.75, 3.05) is 23.9 Å². The smallest absolute Gasteiger partial charge is 0.395 e. The number of nitrogens with zero attached hydrogens (tertiary/aromatic N) is 3. The molecule has 25 heavy (non-hydrogen) atoms. The van der Waals surface area contributed by atoms with Crippen molar-refractivity contribution < 1.29 is 22.7 Å². The van der Waals surface area contributed by atoms with Crippen LogP contribution in [0.5, 0.6) is 0 Å². The topological polar surface area (TPSA) is 83.0 Å². The molecule has 1 saturated carbocycles. The largest absolute Gasteiger partial charge is 0.408 e. The van der Waals surface area contributed by atoms with E-state index in [0.717, 1.165) is 19.8 Å². The van der Waals surface area contributed by atoms with Crippen LogP contribution in [-0.4, -0.2) is 51.6 Å². The second-order valence-electron chi connectivity index (χ2n) is 6.10. The average molecular weight is 361 g/mol. The van der Waals surface area contributed by atoms with E-state index < -0.39 is 30.3 Å². The van der Waals surface area contributed by atoms with Crippen LogP contribution in [0.2, 0.25) is 0 Å². The van der Waals surface area contributed by atoms with Gasteiger partial charge in [0, 0.05) is 0 Å². The maximum atomic E-state index is 12.7. The first kappa shape index (κ1) is 19.2. The van der Waals surface area contributed by atoms with Gasteiger partial charge in [0.15, 0.2) is 0 Å². The summed E-state index contributed by atoms with van der Waals surface area (Å²) >= 11 is 0. The third-order valence-electron chi connectivity index (χ3n) is 3.67. The van der Waals surface area contributed by atoms with Crippen molar-refractivity contribution in [3.8, 4) is 11.8 Å². The van der Waals surface area contributed by atoms with E-state index in [4.69, 9.17) is 0 Å². The lowest BCUT2D eigenvalue weighted by atomic mass is 10.1. The molecule has 10 heteroatoms. The van der Waals surface area contributed by atoms with Crippen LogP contribution in [0.15, 0.2) is 0 Å². The van der Waals surface area contributed by atoms with Crippen molar-refractivity contribution in [2.24, 2.45) is 5.41 Å². The van der Waals surface area contributed by atoms with E-state index in [1.165, 1.54) is 6.92 Å². The van der Waals surface area contributed by atoms with Crippen LogP contribution in [0.25, 0.3) is 0 Å². The van der Waals surface area contributed by atoms with Crippen LogP contribution in [0.4, 0.5) is 29.5 Å². The highest BCUT2D eigenvalue weighted by atomic mass is 19.4. The highest BCUT2D eigenvalue weighted by Gasteiger charge is 2.40. The standard InChI is InChI=1S/C15H19F4N5O/c1-9(7-16)20-12-22-11(3-4-14(8-25)5-6-14)23-13(24-12)21-10(2)15(17,18)19/h9-10,25H,5-8H2,1-2H3,(H2,20,21,22,23,24)/t9?,10-/m1/s1. The second kappa shape index (κ2) is 7.39. The summed E-state index contributed by atoms with van der Waals surface area (Å²) in [5, 5.41) is 14.0.